The minimum atomic E-state index is -0.467. The van der Waals surface area contributed by atoms with Crippen LogP contribution in [-0.4, -0.2) is 30.0 Å². The van der Waals surface area contributed by atoms with Crippen LogP contribution >= 0.6 is 15.9 Å². The Bertz CT molecular complexity index is 451. The highest BCUT2D eigenvalue weighted by atomic mass is 79.9. The molecule has 0 aromatic carbocycles. The van der Waals surface area contributed by atoms with E-state index in [0.29, 0.717) is 23.4 Å². The fourth-order valence-corrected chi connectivity index (χ4v) is 2.22. The van der Waals surface area contributed by atoms with Gasteiger partial charge in [0.15, 0.2) is 0 Å². The van der Waals surface area contributed by atoms with E-state index in [1.807, 2.05) is 11.9 Å². The molecular formula is C11H17BrN4O2. The predicted octanol–water partition coefficient (Wildman–Crippen LogP) is 2.17. The molecule has 0 spiro atoms. The molecule has 0 saturated carbocycles. The molecule has 0 bridgehead atoms. The summed E-state index contributed by atoms with van der Waals surface area (Å²) in [7, 11) is 1.89. The summed E-state index contributed by atoms with van der Waals surface area (Å²) < 4.78 is 0.604. The Morgan fingerprint density at radius 1 is 1.61 bits per heavy atom. The number of nitrogens with two attached hydrogens (primary N) is 1. The molecule has 100 valence electrons. The second-order valence-corrected chi connectivity index (χ2v) is 5.83. The van der Waals surface area contributed by atoms with E-state index in [4.69, 9.17) is 5.73 Å². The number of anilines is 1. The van der Waals surface area contributed by atoms with Crippen molar-refractivity contribution in [2.24, 2.45) is 11.1 Å². The molecule has 0 unspecified atom stereocenters. The molecule has 6 nitrogen and oxygen atoms in total. The second-order valence-electron chi connectivity index (χ2n) is 4.98. The van der Waals surface area contributed by atoms with Crippen molar-refractivity contribution in [1.29, 1.82) is 0 Å². The lowest BCUT2D eigenvalue weighted by Crippen LogP contribution is -2.37. The van der Waals surface area contributed by atoms with Gasteiger partial charge in [-0.2, -0.15) is 0 Å². The van der Waals surface area contributed by atoms with Gasteiger partial charge in [-0.25, -0.2) is 4.98 Å². The van der Waals surface area contributed by atoms with Crippen LogP contribution in [0.2, 0.25) is 0 Å². The molecule has 0 fully saturated rings. The molecule has 7 heteroatoms. The van der Waals surface area contributed by atoms with E-state index < -0.39 is 4.92 Å². The molecule has 1 aromatic heterocycles. The van der Waals surface area contributed by atoms with Crippen molar-refractivity contribution in [1.82, 2.24) is 4.98 Å². The SMILES string of the molecule is CN(CC(C)(C)CN)c1ncc([N+](=O)[O-])cc1Br. The van der Waals surface area contributed by atoms with Crippen LogP contribution in [0.3, 0.4) is 0 Å². The van der Waals surface area contributed by atoms with Crippen molar-refractivity contribution in [2.75, 3.05) is 25.0 Å². The molecule has 0 radical (unpaired) electrons. The van der Waals surface area contributed by atoms with E-state index in [2.05, 4.69) is 34.8 Å². The van der Waals surface area contributed by atoms with Crippen molar-refractivity contribution in [3.05, 3.63) is 26.9 Å². The zero-order valence-corrected chi connectivity index (χ0v) is 12.3. The maximum absolute atomic E-state index is 10.6. The van der Waals surface area contributed by atoms with E-state index in [0.717, 1.165) is 0 Å². The van der Waals surface area contributed by atoms with Gasteiger partial charge >= 0.3 is 0 Å². The molecule has 1 rings (SSSR count). The number of nitro groups is 1. The van der Waals surface area contributed by atoms with Gasteiger partial charge in [0.1, 0.15) is 12.0 Å². The van der Waals surface area contributed by atoms with Crippen molar-refractivity contribution in [3.63, 3.8) is 0 Å². The number of pyridine rings is 1. The first-order chi connectivity index (χ1) is 8.26. The summed E-state index contributed by atoms with van der Waals surface area (Å²) in [5.41, 5.74) is 5.61. The highest BCUT2D eigenvalue weighted by Crippen LogP contribution is 2.28. The molecule has 18 heavy (non-hydrogen) atoms. The number of hydrogen-bond donors (Lipinski definition) is 1. The number of rotatable bonds is 5. The number of aromatic nitrogens is 1. The van der Waals surface area contributed by atoms with Gasteiger partial charge in [0.2, 0.25) is 0 Å². The van der Waals surface area contributed by atoms with Crippen LogP contribution in [0.1, 0.15) is 13.8 Å². The van der Waals surface area contributed by atoms with Gasteiger partial charge in [-0.3, -0.25) is 10.1 Å². The van der Waals surface area contributed by atoms with Gasteiger partial charge in [0.25, 0.3) is 5.69 Å². The Labute approximate surface area is 114 Å². The van der Waals surface area contributed by atoms with E-state index in [9.17, 15) is 10.1 Å². The smallest absolute Gasteiger partial charge is 0.288 e. The average Bonchev–Trinajstić information content (AvgIpc) is 2.28. The number of nitrogens with zero attached hydrogens (tertiary/aromatic N) is 3. The maximum atomic E-state index is 10.6. The third-order valence-electron chi connectivity index (χ3n) is 2.60. The first-order valence-corrected chi connectivity index (χ1v) is 6.27. The molecule has 0 aliphatic carbocycles. The normalized spacial score (nSPS) is 11.4. The summed E-state index contributed by atoms with van der Waals surface area (Å²) in [6.45, 7) is 5.39. The molecule has 0 aliphatic heterocycles. The summed E-state index contributed by atoms with van der Waals surface area (Å²) in [4.78, 5) is 16.2. The monoisotopic (exact) mass is 316 g/mol. The Balaban J connectivity index is 2.93. The third kappa shape index (κ3) is 3.64. The van der Waals surface area contributed by atoms with Crippen molar-refractivity contribution in [3.8, 4) is 0 Å². The van der Waals surface area contributed by atoms with E-state index >= 15 is 0 Å². The zero-order valence-electron chi connectivity index (χ0n) is 10.7. The van der Waals surface area contributed by atoms with E-state index in [1.165, 1.54) is 12.3 Å². The van der Waals surface area contributed by atoms with Crippen LogP contribution in [0.15, 0.2) is 16.7 Å². The number of hydrogen-bond acceptors (Lipinski definition) is 5. The zero-order chi connectivity index (χ0) is 13.9. The van der Waals surface area contributed by atoms with Gasteiger partial charge in [0.05, 0.1) is 9.40 Å². The second kappa shape index (κ2) is 5.62. The Morgan fingerprint density at radius 3 is 2.67 bits per heavy atom. The van der Waals surface area contributed by atoms with Gasteiger partial charge in [0, 0.05) is 19.7 Å². The predicted molar refractivity (Wildman–Crippen MR) is 74.7 cm³/mol. The highest BCUT2D eigenvalue weighted by Gasteiger charge is 2.21. The molecular weight excluding hydrogens is 300 g/mol. The minimum absolute atomic E-state index is 0.0305. The van der Waals surface area contributed by atoms with Crippen molar-refractivity contribution < 1.29 is 4.92 Å². The van der Waals surface area contributed by atoms with Crippen LogP contribution in [0.25, 0.3) is 0 Å². The van der Waals surface area contributed by atoms with Crippen LogP contribution in [0, 0.1) is 15.5 Å². The summed E-state index contributed by atoms with van der Waals surface area (Å²) in [5.74, 6) is 0.669. The lowest BCUT2D eigenvalue weighted by molar-refractivity contribution is -0.385. The van der Waals surface area contributed by atoms with Gasteiger partial charge in [-0.15, -0.1) is 0 Å². The number of halogens is 1. The van der Waals surface area contributed by atoms with Gasteiger partial charge in [-0.05, 0) is 27.9 Å². The van der Waals surface area contributed by atoms with Crippen molar-refractivity contribution >= 4 is 27.4 Å². The lowest BCUT2D eigenvalue weighted by atomic mass is 9.93. The molecule has 0 saturated heterocycles. The minimum Gasteiger partial charge on any atom is -0.358 e. The fraction of sp³-hybridized carbons (Fsp3) is 0.545. The first-order valence-electron chi connectivity index (χ1n) is 5.48. The van der Waals surface area contributed by atoms with Crippen LogP contribution < -0.4 is 10.6 Å². The lowest BCUT2D eigenvalue weighted by Gasteiger charge is -2.30. The summed E-state index contributed by atoms with van der Waals surface area (Å²) in [5, 5.41) is 10.6. The van der Waals surface area contributed by atoms with Crippen LogP contribution in [0.4, 0.5) is 11.5 Å². The van der Waals surface area contributed by atoms with Crippen LogP contribution in [-0.2, 0) is 0 Å². The third-order valence-corrected chi connectivity index (χ3v) is 3.18. The summed E-state index contributed by atoms with van der Waals surface area (Å²) in [6, 6.07) is 1.45. The van der Waals surface area contributed by atoms with Gasteiger partial charge < -0.3 is 10.6 Å². The summed E-state index contributed by atoms with van der Waals surface area (Å²) in [6.07, 6.45) is 1.26. The van der Waals surface area contributed by atoms with E-state index in [1.54, 1.807) is 0 Å². The highest BCUT2D eigenvalue weighted by molar-refractivity contribution is 9.10. The Morgan fingerprint density at radius 2 is 2.22 bits per heavy atom. The molecule has 0 aliphatic rings. The maximum Gasteiger partial charge on any atom is 0.288 e. The molecule has 0 atom stereocenters. The van der Waals surface area contributed by atoms with Gasteiger partial charge in [-0.1, -0.05) is 13.8 Å². The topological polar surface area (TPSA) is 85.3 Å². The summed E-state index contributed by atoms with van der Waals surface area (Å²) >= 11 is 3.31. The Kier molecular flexibility index (Phi) is 4.64. The molecule has 1 heterocycles. The molecule has 0 amide bonds. The Hall–Kier alpha value is -1.21. The quantitative estimate of drug-likeness (QED) is 0.664. The molecule has 2 N–H and O–H groups in total. The standard InChI is InChI=1S/C11H17BrN4O2/c1-11(2,6-13)7-15(3)10-9(12)4-8(5-14-10)16(17)18/h4-5H,6-7,13H2,1-3H3. The molecule has 1 aromatic rings. The average molecular weight is 317 g/mol. The van der Waals surface area contributed by atoms with E-state index in [-0.39, 0.29) is 11.1 Å². The largest absolute Gasteiger partial charge is 0.358 e. The van der Waals surface area contributed by atoms with Crippen LogP contribution in [0.5, 0.6) is 0 Å². The first kappa shape index (κ1) is 14.8. The van der Waals surface area contributed by atoms with Crippen molar-refractivity contribution in [2.45, 2.75) is 13.8 Å². The fourth-order valence-electron chi connectivity index (χ4n) is 1.58.